The molecule has 0 amide bonds. The molecule has 0 saturated carbocycles. The number of esters is 2. The van der Waals surface area contributed by atoms with Crippen molar-refractivity contribution in [2.45, 2.75) is 13.5 Å². The maximum Gasteiger partial charge on any atom is 0.330 e. The van der Waals surface area contributed by atoms with Crippen LogP contribution in [0.3, 0.4) is 0 Å². The summed E-state index contributed by atoms with van der Waals surface area (Å²) >= 11 is 0. The molecule has 0 aliphatic rings. The highest BCUT2D eigenvalue weighted by atomic mass is 16.5. The maximum atomic E-state index is 10.9. The predicted octanol–water partition coefficient (Wildman–Crippen LogP) is 1.94. The summed E-state index contributed by atoms with van der Waals surface area (Å²) in [6.45, 7) is 1.63. The van der Waals surface area contributed by atoms with Crippen molar-refractivity contribution < 1.29 is 19.1 Å². The Balaban J connectivity index is 2.58. The van der Waals surface area contributed by atoms with Gasteiger partial charge >= 0.3 is 11.9 Å². The number of ether oxygens (including phenoxy) is 2. The van der Waals surface area contributed by atoms with Gasteiger partial charge in [0.1, 0.15) is 6.61 Å². The molecule has 0 spiro atoms. The lowest BCUT2D eigenvalue weighted by Crippen LogP contribution is -1.98. The number of methoxy groups -OCH3 is 1. The van der Waals surface area contributed by atoms with Gasteiger partial charge in [0.15, 0.2) is 0 Å². The first-order valence-electron chi connectivity index (χ1n) is 5.10. The predicted molar refractivity (Wildman–Crippen MR) is 63.0 cm³/mol. The average Bonchev–Trinajstić information content (AvgIpc) is 2.34. The van der Waals surface area contributed by atoms with E-state index in [0.29, 0.717) is 0 Å². The van der Waals surface area contributed by atoms with Crippen molar-refractivity contribution >= 4 is 18.0 Å². The Kier molecular flexibility index (Phi) is 4.94. The van der Waals surface area contributed by atoms with Crippen molar-refractivity contribution in [2.24, 2.45) is 0 Å². The third-order valence-electron chi connectivity index (χ3n) is 2.03. The smallest absolute Gasteiger partial charge is 0.330 e. The largest absolute Gasteiger partial charge is 0.466 e. The van der Waals surface area contributed by atoms with E-state index in [1.54, 1.807) is 6.08 Å². The van der Waals surface area contributed by atoms with E-state index in [4.69, 9.17) is 4.74 Å². The van der Waals surface area contributed by atoms with Gasteiger partial charge in [-0.25, -0.2) is 4.79 Å². The molecule has 1 aromatic carbocycles. The molecular weight excluding hydrogens is 220 g/mol. The molecule has 0 N–H and O–H groups in total. The van der Waals surface area contributed by atoms with Crippen molar-refractivity contribution in [3.8, 4) is 0 Å². The van der Waals surface area contributed by atoms with Gasteiger partial charge in [0.25, 0.3) is 0 Å². The van der Waals surface area contributed by atoms with Crippen LogP contribution in [0.1, 0.15) is 18.1 Å². The normalized spacial score (nSPS) is 10.2. The Hall–Kier alpha value is -2.10. The number of carbonyl (C=O) groups is 2. The van der Waals surface area contributed by atoms with Gasteiger partial charge in [0.2, 0.25) is 0 Å². The Morgan fingerprint density at radius 1 is 1.24 bits per heavy atom. The molecule has 4 heteroatoms. The zero-order valence-corrected chi connectivity index (χ0v) is 9.80. The first-order valence-corrected chi connectivity index (χ1v) is 5.10. The SMILES string of the molecule is COC(=O)C=Cc1ccc(COC(C)=O)cc1. The molecule has 0 aromatic heterocycles. The monoisotopic (exact) mass is 234 g/mol. The van der Waals surface area contributed by atoms with Crippen molar-refractivity contribution in [3.05, 3.63) is 41.5 Å². The second kappa shape index (κ2) is 6.48. The lowest BCUT2D eigenvalue weighted by molar-refractivity contribution is -0.142. The molecule has 0 aliphatic carbocycles. The molecule has 4 nitrogen and oxygen atoms in total. The minimum absolute atomic E-state index is 0.260. The fourth-order valence-electron chi connectivity index (χ4n) is 1.14. The molecule has 0 radical (unpaired) electrons. The van der Waals surface area contributed by atoms with Crippen molar-refractivity contribution in [1.29, 1.82) is 0 Å². The summed E-state index contributed by atoms with van der Waals surface area (Å²) in [6.07, 6.45) is 3.00. The molecule has 0 heterocycles. The van der Waals surface area contributed by atoms with E-state index in [9.17, 15) is 9.59 Å². The summed E-state index contributed by atoms with van der Waals surface area (Å²) in [5, 5.41) is 0. The summed E-state index contributed by atoms with van der Waals surface area (Å²) < 4.78 is 9.33. The van der Waals surface area contributed by atoms with Gasteiger partial charge in [-0.3, -0.25) is 4.79 Å². The lowest BCUT2D eigenvalue weighted by atomic mass is 10.1. The highest BCUT2D eigenvalue weighted by Crippen LogP contribution is 2.07. The summed E-state index contributed by atoms with van der Waals surface area (Å²) in [4.78, 5) is 21.5. The van der Waals surface area contributed by atoms with Gasteiger partial charge in [0.05, 0.1) is 7.11 Å². The van der Waals surface area contributed by atoms with E-state index >= 15 is 0 Å². The third kappa shape index (κ3) is 4.97. The van der Waals surface area contributed by atoms with Gasteiger partial charge in [-0.1, -0.05) is 24.3 Å². The van der Waals surface area contributed by atoms with Crippen LogP contribution in [0.5, 0.6) is 0 Å². The number of hydrogen-bond donors (Lipinski definition) is 0. The molecule has 90 valence electrons. The Morgan fingerprint density at radius 2 is 1.88 bits per heavy atom. The Labute approximate surface area is 99.8 Å². The zero-order chi connectivity index (χ0) is 12.7. The highest BCUT2D eigenvalue weighted by Gasteiger charge is 1.96. The highest BCUT2D eigenvalue weighted by molar-refractivity contribution is 5.86. The first-order chi connectivity index (χ1) is 8.11. The molecule has 17 heavy (non-hydrogen) atoms. The number of hydrogen-bond acceptors (Lipinski definition) is 4. The lowest BCUT2D eigenvalue weighted by Gasteiger charge is -2.02. The fourth-order valence-corrected chi connectivity index (χ4v) is 1.14. The average molecular weight is 234 g/mol. The van der Waals surface area contributed by atoms with E-state index in [1.807, 2.05) is 24.3 Å². The van der Waals surface area contributed by atoms with Gasteiger partial charge in [-0.15, -0.1) is 0 Å². The van der Waals surface area contributed by atoms with Crippen LogP contribution in [0.15, 0.2) is 30.3 Å². The van der Waals surface area contributed by atoms with E-state index < -0.39 is 5.97 Å². The summed E-state index contributed by atoms with van der Waals surface area (Å²) in [7, 11) is 1.33. The number of carbonyl (C=O) groups excluding carboxylic acids is 2. The van der Waals surface area contributed by atoms with Crippen LogP contribution in [0.25, 0.3) is 6.08 Å². The Bertz CT molecular complexity index is 418. The quantitative estimate of drug-likeness (QED) is 0.590. The van der Waals surface area contributed by atoms with Gasteiger partial charge in [-0.05, 0) is 17.2 Å². The van der Waals surface area contributed by atoms with Crippen LogP contribution in [-0.2, 0) is 25.7 Å². The minimum atomic E-state index is -0.394. The molecule has 1 rings (SSSR count). The number of rotatable bonds is 4. The summed E-state index contributed by atoms with van der Waals surface area (Å²) in [6, 6.07) is 7.33. The zero-order valence-electron chi connectivity index (χ0n) is 9.80. The maximum absolute atomic E-state index is 10.9. The van der Waals surface area contributed by atoms with E-state index in [-0.39, 0.29) is 12.6 Å². The summed E-state index contributed by atoms with van der Waals surface area (Å²) in [5.74, 6) is -0.700. The molecule has 0 atom stereocenters. The van der Waals surface area contributed by atoms with Crippen LogP contribution in [-0.4, -0.2) is 19.0 Å². The van der Waals surface area contributed by atoms with Crippen LogP contribution in [0.4, 0.5) is 0 Å². The van der Waals surface area contributed by atoms with Gasteiger partial charge in [-0.2, -0.15) is 0 Å². The molecular formula is C13H14O4. The fraction of sp³-hybridized carbons (Fsp3) is 0.231. The molecule has 0 bridgehead atoms. The molecule has 0 fully saturated rings. The molecule has 0 saturated heterocycles. The van der Waals surface area contributed by atoms with Crippen molar-refractivity contribution in [2.75, 3.05) is 7.11 Å². The van der Waals surface area contributed by atoms with Crippen LogP contribution >= 0.6 is 0 Å². The summed E-state index contributed by atoms with van der Waals surface area (Å²) in [5.41, 5.74) is 1.78. The standard InChI is InChI=1S/C13H14O4/c1-10(14)17-9-12-5-3-11(4-6-12)7-8-13(15)16-2/h3-8H,9H2,1-2H3. The van der Waals surface area contributed by atoms with Crippen molar-refractivity contribution in [3.63, 3.8) is 0 Å². The van der Waals surface area contributed by atoms with Crippen LogP contribution in [0.2, 0.25) is 0 Å². The van der Waals surface area contributed by atoms with E-state index in [1.165, 1.54) is 20.1 Å². The van der Waals surface area contributed by atoms with Crippen LogP contribution < -0.4 is 0 Å². The third-order valence-corrected chi connectivity index (χ3v) is 2.03. The van der Waals surface area contributed by atoms with Gasteiger partial charge in [0, 0.05) is 13.0 Å². The van der Waals surface area contributed by atoms with Gasteiger partial charge < -0.3 is 9.47 Å². The molecule has 1 aromatic rings. The second-order valence-corrected chi connectivity index (χ2v) is 3.38. The van der Waals surface area contributed by atoms with E-state index in [0.717, 1.165) is 11.1 Å². The van der Waals surface area contributed by atoms with Crippen LogP contribution in [0, 0.1) is 0 Å². The molecule has 0 unspecified atom stereocenters. The Morgan fingerprint density at radius 3 is 2.41 bits per heavy atom. The van der Waals surface area contributed by atoms with E-state index in [2.05, 4.69) is 4.74 Å². The minimum Gasteiger partial charge on any atom is -0.466 e. The topological polar surface area (TPSA) is 52.6 Å². The molecule has 0 aliphatic heterocycles. The first kappa shape index (κ1) is 13.0. The second-order valence-electron chi connectivity index (χ2n) is 3.38. The number of benzene rings is 1. The van der Waals surface area contributed by atoms with Crippen molar-refractivity contribution in [1.82, 2.24) is 0 Å².